The summed E-state index contributed by atoms with van der Waals surface area (Å²) in [6, 6.07) is 0.590. The molecule has 116 valence electrons. The Labute approximate surface area is 125 Å². The topological polar surface area (TPSA) is 62.5 Å². The summed E-state index contributed by atoms with van der Waals surface area (Å²) in [7, 11) is 0. The second kappa shape index (κ2) is 6.03. The second-order valence-corrected chi connectivity index (χ2v) is 6.37. The Kier molecular flexibility index (Phi) is 4.12. The van der Waals surface area contributed by atoms with Crippen LogP contribution in [0.5, 0.6) is 0 Å². The highest BCUT2D eigenvalue weighted by molar-refractivity contribution is 5.79. The maximum Gasteiger partial charge on any atom is 0.318 e. The highest BCUT2D eigenvalue weighted by Gasteiger charge is 2.30. The summed E-state index contributed by atoms with van der Waals surface area (Å²) in [6.45, 7) is 7.14. The van der Waals surface area contributed by atoms with E-state index in [1.54, 1.807) is 0 Å². The van der Waals surface area contributed by atoms with Gasteiger partial charge in [0, 0.05) is 38.0 Å². The fraction of sp³-hybridized carbons (Fsp3) is 0.800. The summed E-state index contributed by atoms with van der Waals surface area (Å²) in [4.78, 5) is 16.5. The van der Waals surface area contributed by atoms with Gasteiger partial charge in [0.15, 0.2) is 0 Å². The van der Waals surface area contributed by atoms with Gasteiger partial charge in [0.1, 0.15) is 0 Å². The first-order valence-electron chi connectivity index (χ1n) is 8.02. The largest absolute Gasteiger partial charge is 0.408 e. The van der Waals surface area contributed by atoms with Crippen LogP contribution in [-0.4, -0.2) is 47.2 Å². The van der Waals surface area contributed by atoms with Crippen molar-refractivity contribution in [2.75, 3.05) is 31.1 Å². The Balaban J connectivity index is 1.55. The summed E-state index contributed by atoms with van der Waals surface area (Å²) < 4.78 is 5.68. The summed E-state index contributed by atoms with van der Waals surface area (Å²) in [5.41, 5.74) is 0. The molecule has 0 atom stereocenters. The van der Waals surface area contributed by atoms with Crippen molar-refractivity contribution in [1.29, 1.82) is 0 Å². The van der Waals surface area contributed by atoms with Crippen LogP contribution in [0.4, 0.5) is 6.01 Å². The molecule has 1 amide bonds. The molecular weight excluding hydrogens is 268 g/mol. The number of rotatable bonds is 3. The zero-order valence-electron chi connectivity index (χ0n) is 12.9. The van der Waals surface area contributed by atoms with E-state index in [-0.39, 0.29) is 11.8 Å². The molecule has 0 unspecified atom stereocenters. The van der Waals surface area contributed by atoms with Crippen molar-refractivity contribution in [3.05, 3.63) is 5.89 Å². The Hall–Kier alpha value is -1.59. The first-order valence-corrected chi connectivity index (χ1v) is 8.02. The molecule has 3 rings (SSSR count). The van der Waals surface area contributed by atoms with Crippen LogP contribution in [-0.2, 0) is 4.79 Å². The lowest BCUT2D eigenvalue weighted by Gasteiger charge is -2.35. The highest BCUT2D eigenvalue weighted by atomic mass is 16.4. The van der Waals surface area contributed by atoms with E-state index in [1.807, 2.05) is 18.7 Å². The van der Waals surface area contributed by atoms with E-state index in [2.05, 4.69) is 15.1 Å². The molecule has 2 heterocycles. The van der Waals surface area contributed by atoms with Crippen molar-refractivity contribution in [2.24, 2.45) is 5.92 Å². The van der Waals surface area contributed by atoms with E-state index < -0.39 is 0 Å². The van der Waals surface area contributed by atoms with Crippen molar-refractivity contribution in [3.63, 3.8) is 0 Å². The van der Waals surface area contributed by atoms with Crippen LogP contribution in [0.25, 0.3) is 0 Å². The number of hydrogen-bond donors (Lipinski definition) is 0. The maximum atomic E-state index is 12.4. The number of piperazine rings is 1. The minimum absolute atomic E-state index is 0.247. The smallest absolute Gasteiger partial charge is 0.318 e. The van der Waals surface area contributed by atoms with Crippen molar-refractivity contribution < 1.29 is 9.21 Å². The standard InChI is InChI=1S/C15H24N4O2/c1-11(2)13-16-17-15(21-13)19-9-7-18(8-10-19)14(20)12-5-3-4-6-12/h11-12H,3-10H2,1-2H3. The van der Waals surface area contributed by atoms with E-state index in [1.165, 1.54) is 12.8 Å². The number of nitrogens with zero attached hydrogens (tertiary/aromatic N) is 4. The van der Waals surface area contributed by atoms with Crippen LogP contribution in [0, 0.1) is 5.92 Å². The van der Waals surface area contributed by atoms with Gasteiger partial charge in [-0.05, 0) is 12.8 Å². The summed E-state index contributed by atoms with van der Waals surface area (Å²) in [6.07, 6.45) is 4.55. The van der Waals surface area contributed by atoms with Gasteiger partial charge >= 0.3 is 6.01 Å². The first-order chi connectivity index (χ1) is 10.1. The molecule has 1 aromatic rings. The zero-order chi connectivity index (χ0) is 14.8. The lowest BCUT2D eigenvalue weighted by Crippen LogP contribution is -2.50. The first kappa shape index (κ1) is 14.4. The second-order valence-electron chi connectivity index (χ2n) is 6.37. The zero-order valence-corrected chi connectivity index (χ0v) is 12.9. The average molecular weight is 292 g/mol. The number of aromatic nitrogens is 2. The molecule has 0 N–H and O–H groups in total. The highest BCUT2D eigenvalue weighted by Crippen LogP contribution is 2.27. The van der Waals surface area contributed by atoms with Gasteiger partial charge in [-0.15, -0.1) is 5.10 Å². The Morgan fingerprint density at radius 1 is 1.14 bits per heavy atom. The molecule has 2 fully saturated rings. The third-order valence-electron chi connectivity index (χ3n) is 4.49. The maximum absolute atomic E-state index is 12.4. The monoisotopic (exact) mass is 292 g/mol. The molecule has 6 nitrogen and oxygen atoms in total. The quantitative estimate of drug-likeness (QED) is 0.853. The van der Waals surface area contributed by atoms with E-state index >= 15 is 0 Å². The van der Waals surface area contributed by atoms with Gasteiger partial charge in [0.25, 0.3) is 0 Å². The van der Waals surface area contributed by atoms with Gasteiger partial charge in [0.05, 0.1) is 0 Å². The number of carbonyl (C=O) groups is 1. The average Bonchev–Trinajstić information content (AvgIpc) is 3.18. The Bertz CT molecular complexity index is 486. The third-order valence-corrected chi connectivity index (χ3v) is 4.49. The SMILES string of the molecule is CC(C)c1nnc(N2CCN(C(=O)C3CCCC3)CC2)o1. The van der Waals surface area contributed by atoms with Crippen LogP contribution in [0.3, 0.4) is 0 Å². The van der Waals surface area contributed by atoms with Gasteiger partial charge in [-0.2, -0.15) is 0 Å². The summed E-state index contributed by atoms with van der Waals surface area (Å²) in [5, 5.41) is 8.18. The molecular formula is C15H24N4O2. The van der Waals surface area contributed by atoms with E-state index in [9.17, 15) is 4.79 Å². The van der Waals surface area contributed by atoms with Gasteiger partial charge in [-0.25, -0.2) is 0 Å². The molecule has 0 radical (unpaired) electrons. The van der Waals surface area contributed by atoms with Crippen LogP contribution in [0.2, 0.25) is 0 Å². The van der Waals surface area contributed by atoms with E-state index in [4.69, 9.17) is 4.42 Å². The summed E-state index contributed by atoms with van der Waals surface area (Å²) in [5.74, 6) is 1.54. The molecule has 6 heteroatoms. The van der Waals surface area contributed by atoms with Gasteiger partial charge in [-0.3, -0.25) is 4.79 Å². The lowest BCUT2D eigenvalue weighted by atomic mass is 10.1. The molecule has 2 aliphatic rings. The molecule has 1 saturated heterocycles. The molecule has 1 saturated carbocycles. The van der Waals surface area contributed by atoms with Gasteiger partial charge in [0.2, 0.25) is 11.8 Å². The van der Waals surface area contributed by atoms with Crippen LogP contribution >= 0.6 is 0 Å². The molecule has 1 aromatic heterocycles. The fourth-order valence-electron chi connectivity index (χ4n) is 3.14. The summed E-state index contributed by atoms with van der Waals surface area (Å²) >= 11 is 0. The molecule has 0 spiro atoms. The predicted molar refractivity (Wildman–Crippen MR) is 79.1 cm³/mol. The van der Waals surface area contributed by atoms with Crippen LogP contribution in [0.1, 0.15) is 51.3 Å². The Morgan fingerprint density at radius 2 is 1.81 bits per heavy atom. The van der Waals surface area contributed by atoms with Crippen molar-refractivity contribution in [1.82, 2.24) is 15.1 Å². The molecule has 1 aliphatic heterocycles. The van der Waals surface area contributed by atoms with Gasteiger partial charge < -0.3 is 14.2 Å². The molecule has 21 heavy (non-hydrogen) atoms. The van der Waals surface area contributed by atoms with Gasteiger partial charge in [-0.1, -0.05) is 31.8 Å². The van der Waals surface area contributed by atoms with Crippen molar-refractivity contribution in [2.45, 2.75) is 45.4 Å². The molecule has 1 aliphatic carbocycles. The number of carbonyl (C=O) groups excluding carboxylic acids is 1. The number of amides is 1. The fourth-order valence-corrected chi connectivity index (χ4v) is 3.14. The van der Waals surface area contributed by atoms with Crippen LogP contribution in [0.15, 0.2) is 4.42 Å². The minimum Gasteiger partial charge on any atom is -0.408 e. The van der Waals surface area contributed by atoms with Crippen molar-refractivity contribution >= 4 is 11.9 Å². The van der Waals surface area contributed by atoms with E-state index in [0.717, 1.165) is 39.0 Å². The third kappa shape index (κ3) is 3.04. The van der Waals surface area contributed by atoms with Crippen LogP contribution < -0.4 is 4.90 Å². The molecule has 0 bridgehead atoms. The number of anilines is 1. The van der Waals surface area contributed by atoms with Crippen molar-refractivity contribution in [3.8, 4) is 0 Å². The molecule has 0 aromatic carbocycles. The normalized spacial score (nSPS) is 20.5. The van der Waals surface area contributed by atoms with E-state index in [0.29, 0.717) is 17.8 Å². The Morgan fingerprint density at radius 3 is 2.38 bits per heavy atom. The lowest BCUT2D eigenvalue weighted by molar-refractivity contribution is -0.135. The number of hydrogen-bond acceptors (Lipinski definition) is 5. The predicted octanol–water partition coefficient (Wildman–Crippen LogP) is 2.03. The minimum atomic E-state index is 0.247.